The molecule has 68 valence electrons. The summed E-state index contributed by atoms with van der Waals surface area (Å²) in [7, 11) is 0. The normalized spacial score (nSPS) is 18.0. The van der Waals surface area contributed by atoms with Crippen LogP contribution in [0.25, 0.3) is 0 Å². The van der Waals surface area contributed by atoms with Gasteiger partial charge in [0, 0.05) is 5.38 Å². The Labute approximate surface area is 76.3 Å². The fourth-order valence-electron chi connectivity index (χ4n) is 0.890. The van der Waals surface area contributed by atoms with Gasteiger partial charge in [-0.3, -0.25) is 0 Å². The molecule has 0 amide bonds. The summed E-state index contributed by atoms with van der Waals surface area (Å²) in [4.78, 5) is 0. The quantitative estimate of drug-likeness (QED) is 0.569. The van der Waals surface area contributed by atoms with E-state index in [1.165, 1.54) is 12.8 Å². The van der Waals surface area contributed by atoms with E-state index in [1.807, 2.05) is 0 Å². The maximum absolute atomic E-state index is 5.96. The summed E-state index contributed by atoms with van der Waals surface area (Å²) >= 11 is 5.96. The summed E-state index contributed by atoms with van der Waals surface area (Å²) in [6.45, 7) is 11.1. The maximum Gasteiger partial charge on any atom is 0.0333 e. The molecule has 2 unspecified atom stereocenters. The summed E-state index contributed by atoms with van der Waals surface area (Å²) in [5.41, 5.74) is 0.458. The van der Waals surface area contributed by atoms with Crippen molar-refractivity contribution in [2.24, 2.45) is 11.3 Å². The molecule has 0 radical (unpaired) electrons. The zero-order chi connectivity index (χ0) is 9.07. The number of alkyl halides is 1. The molecule has 0 heterocycles. The van der Waals surface area contributed by atoms with Gasteiger partial charge < -0.3 is 0 Å². The van der Waals surface area contributed by atoms with E-state index in [1.54, 1.807) is 0 Å². The van der Waals surface area contributed by atoms with Gasteiger partial charge in [-0.15, -0.1) is 11.6 Å². The van der Waals surface area contributed by atoms with Crippen molar-refractivity contribution < 1.29 is 0 Å². The van der Waals surface area contributed by atoms with Crippen LogP contribution in [0.2, 0.25) is 0 Å². The predicted molar refractivity (Wildman–Crippen MR) is 53.2 cm³/mol. The van der Waals surface area contributed by atoms with Gasteiger partial charge in [-0.05, 0) is 31.1 Å². The highest BCUT2D eigenvalue weighted by Crippen LogP contribution is 2.25. The van der Waals surface area contributed by atoms with Gasteiger partial charge >= 0.3 is 0 Å². The molecule has 0 bridgehead atoms. The van der Waals surface area contributed by atoms with Gasteiger partial charge in [0.15, 0.2) is 0 Å². The monoisotopic (exact) mass is 176 g/mol. The summed E-state index contributed by atoms with van der Waals surface area (Å²) in [6, 6.07) is 0. The molecule has 0 nitrogen and oxygen atoms in total. The van der Waals surface area contributed by atoms with Crippen molar-refractivity contribution in [1.82, 2.24) is 0 Å². The van der Waals surface area contributed by atoms with Crippen molar-refractivity contribution in [3.8, 4) is 0 Å². The van der Waals surface area contributed by atoms with E-state index >= 15 is 0 Å². The molecule has 0 fully saturated rings. The Balaban J connectivity index is 3.54. The Morgan fingerprint density at radius 3 is 1.91 bits per heavy atom. The number of rotatable bonds is 3. The minimum Gasteiger partial charge on any atom is -0.123 e. The van der Waals surface area contributed by atoms with Gasteiger partial charge in [0.25, 0.3) is 0 Å². The molecule has 0 spiro atoms. The van der Waals surface area contributed by atoms with Crippen LogP contribution >= 0.6 is 11.6 Å². The van der Waals surface area contributed by atoms with Crippen LogP contribution in [0.1, 0.15) is 47.5 Å². The van der Waals surface area contributed by atoms with Crippen LogP contribution in [-0.4, -0.2) is 5.38 Å². The zero-order valence-corrected chi connectivity index (χ0v) is 9.20. The Hall–Kier alpha value is 0.290. The highest BCUT2D eigenvalue weighted by Gasteiger charge is 2.14. The molecule has 0 N–H and O–H groups in total. The van der Waals surface area contributed by atoms with E-state index in [2.05, 4.69) is 34.6 Å². The molecule has 0 saturated carbocycles. The average molecular weight is 177 g/mol. The van der Waals surface area contributed by atoms with Crippen molar-refractivity contribution in [1.29, 1.82) is 0 Å². The first-order chi connectivity index (χ1) is 4.83. The Kier molecular flexibility index (Phi) is 4.46. The molecule has 0 aliphatic carbocycles. The third-order valence-electron chi connectivity index (χ3n) is 2.13. The predicted octanol–water partition coefficient (Wildman–Crippen LogP) is 4.08. The first-order valence-corrected chi connectivity index (χ1v) is 4.90. The molecule has 0 aromatic carbocycles. The van der Waals surface area contributed by atoms with Crippen molar-refractivity contribution in [3.63, 3.8) is 0 Å². The minimum atomic E-state index is 0.317. The average Bonchev–Trinajstić information content (AvgIpc) is 1.80. The molecule has 0 saturated heterocycles. The third kappa shape index (κ3) is 6.68. The largest absolute Gasteiger partial charge is 0.123 e. The smallest absolute Gasteiger partial charge is 0.0333 e. The van der Waals surface area contributed by atoms with Crippen LogP contribution in [0.15, 0.2) is 0 Å². The van der Waals surface area contributed by atoms with Crippen LogP contribution in [0.4, 0.5) is 0 Å². The zero-order valence-electron chi connectivity index (χ0n) is 8.45. The van der Waals surface area contributed by atoms with Gasteiger partial charge in [-0.1, -0.05) is 27.7 Å². The lowest BCUT2D eigenvalue weighted by Crippen LogP contribution is -2.12. The summed E-state index contributed by atoms with van der Waals surface area (Å²) in [6.07, 6.45) is 2.51. The van der Waals surface area contributed by atoms with E-state index < -0.39 is 0 Å². The molecule has 0 aromatic heterocycles. The topological polar surface area (TPSA) is 0 Å². The van der Waals surface area contributed by atoms with Crippen LogP contribution in [0.3, 0.4) is 0 Å². The fourth-order valence-corrected chi connectivity index (χ4v) is 1.02. The number of halogens is 1. The standard InChI is InChI=1S/C10H21Cl/c1-8(9(2)11)6-7-10(3,4)5/h8-9H,6-7H2,1-5H3. The number of hydrogen-bond donors (Lipinski definition) is 0. The molecule has 0 aromatic rings. The van der Waals surface area contributed by atoms with E-state index in [-0.39, 0.29) is 0 Å². The lowest BCUT2D eigenvalue weighted by Gasteiger charge is -2.21. The molecule has 2 atom stereocenters. The van der Waals surface area contributed by atoms with E-state index in [0.717, 1.165) is 0 Å². The lowest BCUT2D eigenvalue weighted by molar-refractivity contribution is 0.328. The van der Waals surface area contributed by atoms with Gasteiger partial charge in [0.2, 0.25) is 0 Å². The third-order valence-corrected chi connectivity index (χ3v) is 2.56. The highest BCUT2D eigenvalue weighted by atomic mass is 35.5. The Morgan fingerprint density at radius 1 is 1.18 bits per heavy atom. The van der Waals surface area contributed by atoms with E-state index in [0.29, 0.717) is 16.7 Å². The van der Waals surface area contributed by atoms with Gasteiger partial charge in [0.05, 0.1) is 0 Å². The Bertz CT molecular complexity index is 99.9. The van der Waals surface area contributed by atoms with Crippen LogP contribution in [-0.2, 0) is 0 Å². The lowest BCUT2D eigenvalue weighted by atomic mass is 9.86. The summed E-state index contributed by atoms with van der Waals surface area (Å²) in [5, 5.41) is 0.317. The van der Waals surface area contributed by atoms with E-state index in [4.69, 9.17) is 11.6 Å². The number of hydrogen-bond acceptors (Lipinski definition) is 0. The Morgan fingerprint density at radius 2 is 1.64 bits per heavy atom. The molecular formula is C10H21Cl. The SMILES string of the molecule is CC(Cl)C(C)CCC(C)(C)C. The second-order valence-corrected chi connectivity index (χ2v) is 5.44. The maximum atomic E-state index is 5.96. The van der Waals surface area contributed by atoms with Gasteiger partial charge in [-0.2, -0.15) is 0 Å². The molecule has 1 heteroatoms. The molecule has 11 heavy (non-hydrogen) atoms. The van der Waals surface area contributed by atoms with Gasteiger partial charge in [0.1, 0.15) is 0 Å². The first-order valence-electron chi connectivity index (χ1n) is 4.47. The van der Waals surface area contributed by atoms with Crippen molar-refractivity contribution >= 4 is 11.6 Å². The van der Waals surface area contributed by atoms with Crippen LogP contribution in [0.5, 0.6) is 0 Å². The van der Waals surface area contributed by atoms with E-state index in [9.17, 15) is 0 Å². The minimum absolute atomic E-state index is 0.317. The summed E-state index contributed by atoms with van der Waals surface area (Å²) < 4.78 is 0. The molecular weight excluding hydrogens is 156 g/mol. The van der Waals surface area contributed by atoms with Gasteiger partial charge in [-0.25, -0.2) is 0 Å². The molecule has 0 aliphatic heterocycles. The molecule has 0 aliphatic rings. The fraction of sp³-hybridized carbons (Fsp3) is 1.00. The highest BCUT2D eigenvalue weighted by molar-refractivity contribution is 6.20. The second kappa shape index (κ2) is 4.35. The molecule has 0 rings (SSSR count). The van der Waals surface area contributed by atoms with Crippen LogP contribution in [0, 0.1) is 11.3 Å². The first kappa shape index (κ1) is 11.3. The van der Waals surface area contributed by atoms with Crippen molar-refractivity contribution in [2.75, 3.05) is 0 Å². The van der Waals surface area contributed by atoms with Crippen molar-refractivity contribution in [3.05, 3.63) is 0 Å². The van der Waals surface area contributed by atoms with Crippen molar-refractivity contribution in [2.45, 2.75) is 52.8 Å². The second-order valence-electron chi connectivity index (χ2n) is 4.75. The summed E-state index contributed by atoms with van der Waals surface area (Å²) in [5.74, 6) is 0.649. The van der Waals surface area contributed by atoms with Crippen LogP contribution < -0.4 is 0 Å².